The van der Waals surface area contributed by atoms with Crippen molar-refractivity contribution in [3.8, 4) is 0 Å². The molecule has 0 aliphatic carbocycles. The maximum atomic E-state index is 13.3. The van der Waals surface area contributed by atoms with Gasteiger partial charge in [0.25, 0.3) is 0 Å². The Morgan fingerprint density at radius 1 is 1.07 bits per heavy atom. The van der Waals surface area contributed by atoms with Gasteiger partial charge < -0.3 is 5.32 Å². The van der Waals surface area contributed by atoms with E-state index in [1.807, 2.05) is 5.32 Å². The van der Waals surface area contributed by atoms with Gasteiger partial charge in [0, 0.05) is 12.6 Å². The topological polar surface area (TPSA) is 75.3 Å². The van der Waals surface area contributed by atoms with Gasteiger partial charge in [0.1, 0.15) is 5.82 Å². The van der Waals surface area contributed by atoms with Gasteiger partial charge in [0.15, 0.2) is 6.04 Å². The summed E-state index contributed by atoms with van der Waals surface area (Å²) in [6.45, 7) is 1.85. The molecule has 0 heterocycles. The summed E-state index contributed by atoms with van der Waals surface area (Å²) in [5, 5.41) is 1.84. The normalized spacial score (nSPS) is 13.4. The van der Waals surface area contributed by atoms with E-state index < -0.39 is 34.0 Å². The standard InChI is InChI=1S/C19H18F4N2O3S/c1-2-24-29(27,28)16-10-3-13(4-11-16)5-12-17(26)25-18(19(21,22)23)14-6-8-15(20)9-7-14/h3-12,18,24H,2H2,1H3,(H,25,26)/b12-5+. The maximum absolute atomic E-state index is 13.3. The molecule has 0 saturated heterocycles. The van der Waals surface area contributed by atoms with Gasteiger partial charge in [0.2, 0.25) is 15.9 Å². The van der Waals surface area contributed by atoms with Crippen LogP contribution in [0.15, 0.2) is 59.5 Å². The fraction of sp³-hybridized carbons (Fsp3) is 0.211. The van der Waals surface area contributed by atoms with Crippen LogP contribution in [0.1, 0.15) is 24.1 Å². The van der Waals surface area contributed by atoms with Crippen molar-refractivity contribution < 1.29 is 30.8 Å². The molecule has 0 aliphatic heterocycles. The summed E-state index contributed by atoms with van der Waals surface area (Å²) in [4.78, 5) is 12.0. The van der Waals surface area contributed by atoms with E-state index in [2.05, 4.69) is 4.72 Å². The average Bonchev–Trinajstić information content (AvgIpc) is 2.65. The Labute approximate surface area is 165 Å². The molecule has 0 aliphatic rings. The Kier molecular flexibility index (Phi) is 7.15. The van der Waals surface area contributed by atoms with Crippen molar-refractivity contribution in [3.63, 3.8) is 0 Å². The van der Waals surface area contributed by atoms with Crippen LogP contribution in [0, 0.1) is 5.82 Å². The number of hydrogen-bond donors (Lipinski definition) is 2. The number of halogens is 4. The predicted molar refractivity (Wildman–Crippen MR) is 99.7 cm³/mol. The van der Waals surface area contributed by atoms with Crippen LogP contribution < -0.4 is 10.0 Å². The van der Waals surface area contributed by atoms with Gasteiger partial charge in [-0.2, -0.15) is 13.2 Å². The SMILES string of the molecule is CCNS(=O)(=O)c1ccc(/C=C/C(=O)NC(c2ccc(F)cc2)C(F)(F)F)cc1. The van der Waals surface area contributed by atoms with E-state index in [9.17, 15) is 30.8 Å². The zero-order valence-electron chi connectivity index (χ0n) is 15.2. The Morgan fingerprint density at radius 3 is 2.17 bits per heavy atom. The Bertz CT molecular complexity index is 970. The summed E-state index contributed by atoms with van der Waals surface area (Å²) >= 11 is 0. The van der Waals surface area contributed by atoms with Gasteiger partial charge >= 0.3 is 6.18 Å². The molecule has 29 heavy (non-hydrogen) atoms. The second-order valence-corrected chi connectivity index (χ2v) is 7.71. The fourth-order valence-corrected chi connectivity index (χ4v) is 3.44. The largest absolute Gasteiger partial charge is 0.412 e. The van der Waals surface area contributed by atoms with Crippen molar-refractivity contribution in [1.29, 1.82) is 0 Å². The van der Waals surface area contributed by atoms with Gasteiger partial charge in [-0.1, -0.05) is 31.2 Å². The first-order valence-electron chi connectivity index (χ1n) is 8.43. The molecule has 0 saturated carbocycles. The zero-order valence-corrected chi connectivity index (χ0v) is 16.0. The highest BCUT2D eigenvalue weighted by molar-refractivity contribution is 7.89. The summed E-state index contributed by atoms with van der Waals surface area (Å²) in [7, 11) is -3.63. The van der Waals surface area contributed by atoms with E-state index in [0.717, 1.165) is 30.3 Å². The number of hydrogen-bond acceptors (Lipinski definition) is 3. The summed E-state index contributed by atoms with van der Waals surface area (Å²) in [5.41, 5.74) is 0.111. The molecule has 1 amide bonds. The molecule has 0 aromatic heterocycles. The van der Waals surface area contributed by atoms with Crippen LogP contribution >= 0.6 is 0 Å². The highest BCUT2D eigenvalue weighted by atomic mass is 32.2. The van der Waals surface area contributed by atoms with Gasteiger partial charge in [0.05, 0.1) is 4.90 Å². The van der Waals surface area contributed by atoms with E-state index in [1.165, 1.54) is 30.3 Å². The highest BCUT2D eigenvalue weighted by Crippen LogP contribution is 2.32. The first-order chi connectivity index (χ1) is 13.5. The molecular formula is C19H18F4N2O3S. The van der Waals surface area contributed by atoms with Crippen LogP contribution in [-0.2, 0) is 14.8 Å². The van der Waals surface area contributed by atoms with Gasteiger partial charge in [-0.3, -0.25) is 4.79 Å². The third kappa shape index (κ3) is 6.40. The molecule has 1 atom stereocenters. The lowest BCUT2D eigenvalue weighted by Crippen LogP contribution is -2.37. The van der Waals surface area contributed by atoms with Crippen molar-refractivity contribution in [3.05, 3.63) is 71.6 Å². The molecule has 0 fully saturated rings. The summed E-state index contributed by atoms with van der Waals surface area (Å²) in [6.07, 6.45) is -2.63. The molecule has 2 aromatic rings. The molecular weight excluding hydrogens is 412 g/mol. The van der Waals surface area contributed by atoms with Crippen molar-refractivity contribution in [2.45, 2.75) is 24.0 Å². The number of rotatable bonds is 7. The first kappa shape index (κ1) is 22.6. The van der Waals surface area contributed by atoms with Crippen LogP contribution in [0.4, 0.5) is 17.6 Å². The average molecular weight is 430 g/mol. The smallest absolute Gasteiger partial charge is 0.337 e. The van der Waals surface area contributed by atoms with Gasteiger partial charge in [-0.05, 0) is 41.5 Å². The monoisotopic (exact) mass is 430 g/mol. The molecule has 2 aromatic carbocycles. The second kappa shape index (κ2) is 9.19. The van der Waals surface area contributed by atoms with Gasteiger partial charge in [-0.15, -0.1) is 0 Å². The molecule has 0 bridgehead atoms. The van der Waals surface area contributed by atoms with Crippen LogP contribution in [-0.4, -0.2) is 27.0 Å². The quantitative estimate of drug-likeness (QED) is 0.521. The molecule has 2 N–H and O–H groups in total. The molecule has 1 unspecified atom stereocenters. The van der Waals surface area contributed by atoms with Crippen molar-refractivity contribution >= 4 is 22.0 Å². The molecule has 156 valence electrons. The third-order valence-corrected chi connectivity index (χ3v) is 5.33. The van der Waals surface area contributed by atoms with Gasteiger partial charge in [-0.25, -0.2) is 17.5 Å². The number of carbonyl (C=O) groups is 1. The van der Waals surface area contributed by atoms with E-state index >= 15 is 0 Å². The predicted octanol–water partition coefficient (Wildman–Crippen LogP) is 3.56. The summed E-state index contributed by atoms with van der Waals surface area (Å²) in [5.74, 6) is -1.71. The fourth-order valence-electron chi connectivity index (χ4n) is 2.40. The lowest BCUT2D eigenvalue weighted by atomic mass is 10.1. The Morgan fingerprint density at radius 2 is 1.66 bits per heavy atom. The number of nitrogens with one attached hydrogen (secondary N) is 2. The number of benzene rings is 2. The molecule has 0 radical (unpaired) electrons. The number of alkyl halides is 3. The minimum Gasteiger partial charge on any atom is -0.337 e. The van der Waals surface area contributed by atoms with E-state index in [-0.39, 0.29) is 17.0 Å². The number of carbonyl (C=O) groups excluding carboxylic acids is 1. The van der Waals surface area contributed by atoms with Crippen LogP contribution in [0.5, 0.6) is 0 Å². The Hall–Kier alpha value is -2.72. The minimum absolute atomic E-state index is 0.0226. The number of amides is 1. The number of sulfonamides is 1. The molecule has 0 spiro atoms. The zero-order chi connectivity index (χ0) is 21.7. The summed E-state index contributed by atoms with van der Waals surface area (Å²) in [6, 6.07) is 6.79. The summed E-state index contributed by atoms with van der Waals surface area (Å²) < 4.78 is 78.7. The third-order valence-electron chi connectivity index (χ3n) is 3.77. The minimum atomic E-state index is -4.77. The lowest BCUT2D eigenvalue weighted by Gasteiger charge is -2.21. The molecule has 2 rings (SSSR count). The van der Waals surface area contributed by atoms with Crippen molar-refractivity contribution in [2.24, 2.45) is 0 Å². The van der Waals surface area contributed by atoms with Crippen LogP contribution in [0.2, 0.25) is 0 Å². The molecule has 10 heteroatoms. The van der Waals surface area contributed by atoms with Crippen LogP contribution in [0.25, 0.3) is 6.08 Å². The highest BCUT2D eigenvalue weighted by Gasteiger charge is 2.41. The van der Waals surface area contributed by atoms with E-state index in [4.69, 9.17) is 0 Å². The van der Waals surface area contributed by atoms with E-state index in [0.29, 0.717) is 5.56 Å². The maximum Gasteiger partial charge on any atom is 0.412 e. The second-order valence-electron chi connectivity index (χ2n) is 5.94. The van der Waals surface area contributed by atoms with Crippen molar-refractivity contribution in [1.82, 2.24) is 10.0 Å². The van der Waals surface area contributed by atoms with Crippen LogP contribution in [0.3, 0.4) is 0 Å². The lowest BCUT2D eigenvalue weighted by molar-refractivity contribution is -0.162. The van der Waals surface area contributed by atoms with Crippen molar-refractivity contribution in [2.75, 3.05) is 6.54 Å². The molecule has 5 nitrogen and oxygen atoms in total. The first-order valence-corrected chi connectivity index (χ1v) is 9.91. The van der Waals surface area contributed by atoms with E-state index in [1.54, 1.807) is 6.92 Å². The Balaban J connectivity index is 2.11.